The standard InChI is InChI=1S/C26H26N4O5/c1-29(21-6-3-2-4-7-21)26(32)18-9-12-20(13-10-18)28-25(31)19-11-14-23(24(16-19)30(33)34)27-17-22-8-5-15-35-22/h2-4,6-7,9-14,16,22,27H,5,8,15,17H2,1H3,(H,28,31). The Labute approximate surface area is 202 Å². The smallest absolute Gasteiger partial charge is 0.293 e. The van der Waals surface area contributed by atoms with Crippen molar-refractivity contribution in [2.24, 2.45) is 0 Å². The van der Waals surface area contributed by atoms with Gasteiger partial charge in [0.25, 0.3) is 17.5 Å². The minimum Gasteiger partial charge on any atom is -0.377 e. The van der Waals surface area contributed by atoms with E-state index in [2.05, 4.69) is 10.6 Å². The van der Waals surface area contributed by atoms with Crippen molar-refractivity contribution >= 4 is 34.6 Å². The van der Waals surface area contributed by atoms with Crippen molar-refractivity contribution in [1.82, 2.24) is 0 Å². The van der Waals surface area contributed by atoms with E-state index in [9.17, 15) is 19.7 Å². The predicted molar refractivity (Wildman–Crippen MR) is 134 cm³/mol. The van der Waals surface area contributed by atoms with Crippen molar-refractivity contribution in [3.63, 3.8) is 0 Å². The van der Waals surface area contributed by atoms with E-state index in [4.69, 9.17) is 4.74 Å². The average molecular weight is 475 g/mol. The lowest BCUT2D eigenvalue weighted by Gasteiger charge is -2.17. The van der Waals surface area contributed by atoms with Gasteiger partial charge in [-0.25, -0.2) is 0 Å². The second-order valence-corrected chi connectivity index (χ2v) is 8.24. The number of nitro groups is 1. The molecule has 0 spiro atoms. The zero-order chi connectivity index (χ0) is 24.8. The van der Waals surface area contributed by atoms with Crippen LogP contribution in [0.1, 0.15) is 33.6 Å². The van der Waals surface area contributed by atoms with Gasteiger partial charge in [0.05, 0.1) is 11.0 Å². The molecule has 1 heterocycles. The van der Waals surface area contributed by atoms with Crippen LogP contribution in [0.15, 0.2) is 72.8 Å². The summed E-state index contributed by atoms with van der Waals surface area (Å²) >= 11 is 0. The van der Waals surface area contributed by atoms with E-state index >= 15 is 0 Å². The fourth-order valence-electron chi connectivity index (χ4n) is 3.86. The van der Waals surface area contributed by atoms with E-state index in [0.29, 0.717) is 30.1 Å². The number of para-hydroxylation sites is 1. The molecule has 0 aromatic heterocycles. The Morgan fingerprint density at radius 1 is 1.06 bits per heavy atom. The highest BCUT2D eigenvalue weighted by atomic mass is 16.6. The Kier molecular flexibility index (Phi) is 7.37. The molecule has 1 aliphatic rings. The number of amides is 2. The number of anilines is 3. The number of rotatable bonds is 8. The van der Waals surface area contributed by atoms with Gasteiger partial charge in [-0.2, -0.15) is 0 Å². The van der Waals surface area contributed by atoms with E-state index < -0.39 is 10.8 Å². The van der Waals surface area contributed by atoms with Crippen molar-refractivity contribution < 1.29 is 19.2 Å². The SMILES string of the molecule is CN(C(=O)c1ccc(NC(=O)c2ccc(NCC3CCCO3)c([N+](=O)[O-])c2)cc1)c1ccccc1. The summed E-state index contributed by atoms with van der Waals surface area (Å²) in [5.74, 6) is -0.671. The number of ether oxygens (including phenoxy) is 1. The van der Waals surface area contributed by atoms with Crippen LogP contribution in [-0.2, 0) is 4.74 Å². The average Bonchev–Trinajstić information content (AvgIpc) is 3.41. The number of hydrogen-bond donors (Lipinski definition) is 2. The Bertz CT molecular complexity index is 1210. The summed E-state index contributed by atoms with van der Waals surface area (Å²) in [7, 11) is 1.69. The number of nitro benzene ring substituents is 1. The lowest BCUT2D eigenvalue weighted by atomic mass is 10.1. The maximum Gasteiger partial charge on any atom is 0.293 e. The molecular weight excluding hydrogens is 448 g/mol. The molecule has 1 unspecified atom stereocenters. The molecule has 1 atom stereocenters. The number of carbonyl (C=O) groups excluding carboxylic acids is 2. The van der Waals surface area contributed by atoms with Gasteiger partial charge >= 0.3 is 0 Å². The van der Waals surface area contributed by atoms with Gasteiger partial charge in [-0.05, 0) is 61.4 Å². The first kappa shape index (κ1) is 23.9. The maximum atomic E-state index is 12.7. The predicted octanol–water partition coefficient (Wildman–Crippen LogP) is 4.71. The molecule has 1 fully saturated rings. The third kappa shape index (κ3) is 5.82. The zero-order valence-corrected chi connectivity index (χ0v) is 19.3. The van der Waals surface area contributed by atoms with Crippen LogP contribution in [0.5, 0.6) is 0 Å². The Hall–Kier alpha value is -4.24. The van der Waals surface area contributed by atoms with Gasteiger partial charge in [-0.15, -0.1) is 0 Å². The summed E-state index contributed by atoms with van der Waals surface area (Å²) in [4.78, 5) is 38.1. The molecule has 0 aliphatic carbocycles. The molecule has 0 radical (unpaired) electrons. The molecule has 180 valence electrons. The van der Waals surface area contributed by atoms with Gasteiger partial charge in [0.1, 0.15) is 5.69 Å². The number of carbonyl (C=O) groups is 2. The summed E-state index contributed by atoms with van der Waals surface area (Å²) in [6.45, 7) is 1.17. The van der Waals surface area contributed by atoms with Crippen LogP contribution < -0.4 is 15.5 Å². The van der Waals surface area contributed by atoms with Gasteiger partial charge in [-0.1, -0.05) is 18.2 Å². The van der Waals surface area contributed by atoms with Crippen LogP contribution in [0.3, 0.4) is 0 Å². The summed E-state index contributed by atoms with van der Waals surface area (Å²) in [6.07, 6.45) is 1.92. The third-order valence-corrected chi connectivity index (χ3v) is 5.84. The van der Waals surface area contributed by atoms with E-state index in [1.54, 1.807) is 36.2 Å². The molecule has 1 aliphatic heterocycles. The molecule has 2 amide bonds. The fraction of sp³-hybridized carbons (Fsp3) is 0.231. The van der Waals surface area contributed by atoms with E-state index in [-0.39, 0.29) is 23.3 Å². The van der Waals surface area contributed by atoms with E-state index in [1.807, 2.05) is 30.3 Å². The highest BCUT2D eigenvalue weighted by Gasteiger charge is 2.21. The van der Waals surface area contributed by atoms with Crippen molar-refractivity contribution in [2.75, 3.05) is 35.7 Å². The second kappa shape index (κ2) is 10.8. The highest BCUT2D eigenvalue weighted by molar-refractivity contribution is 6.07. The van der Waals surface area contributed by atoms with Crippen LogP contribution in [0, 0.1) is 10.1 Å². The topological polar surface area (TPSA) is 114 Å². The van der Waals surface area contributed by atoms with Gasteiger partial charge in [0.15, 0.2) is 0 Å². The molecule has 0 saturated carbocycles. The highest BCUT2D eigenvalue weighted by Crippen LogP contribution is 2.27. The van der Waals surface area contributed by atoms with Crippen molar-refractivity contribution in [3.8, 4) is 0 Å². The monoisotopic (exact) mass is 474 g/mol. The first-order valence-electron chi connectivity index (χ1n) is 11.3. The molecule has 0 bridgehead atoms. The lowest BCUT2D eigenvalue weighted by Crippen LogP contribution is -2.26. The number of nitrogens with zero attached hydrogens (tertiary/aromatic N) is 2. The molecule has 35 heavy (non-hydrogen) atoms. The lowest BCUT2D eigenvalue weighted by molar-refractivity contribution is -0.384. The van der Waals surface area contributed by atoms with Crippen LogP contribution in [-0.4, -0.2) is 43.0 Å². The van der Waals surface area contributed by atoms with Crippen molar-refractivity contribution in [1.29, 1.82) is 0 Å². The van der Waals surface area contributed by atoms with Crippen LogP contribution >= 0.6 is 0 Å². The normalized spacial score (nSPS) is 14.8. The zero-order valence-electron chi connectivity index (χ0n) is 19.3. The van der Waals surface area contributed by atoms with Crippen molar-refractivity contribution in [2.45, 2.75) is 18.9 Å². The quantitative estimate of drug-likeness (QED) is 0.361. The van der Waals surface area contributed by atoms with Crippen LogP contribution in [0.4, 0.5) is 22.7 Å². The molecule has 3 aromatic rings. The molecule has 9 nitrogen and oxygen atoms in total. The Balaban J connectivity index is 1.42. The Morgan fingerprint density at radius 3 is 2.43 bits per heavy atom. The van der Waals surface area contributed by atoms with E-state index in [0.717, 1.165) is 18.5 Å². The van der Waals surface area contributed by atoms with Gasteiger partial charge < -0.3 is 20.3 Å². The van der Waals surface area contributed by atoms with Crippen molar-refractivity contribution in [3.05, 3.63) is 94.0 Å². The largest absolute Gasteiger partial charge is 0.377 e. The number of hydrogen-bond acceptors (Lipinski definition) is 6. The molecule has 4 rings (SSSR count). The molecule has 3 aromatic carbocycles. The summed E-state index contributed by atoms with van der Waals surface area (Å²) in [5.41, 5.74) is 2.02. The molecule has 1 saturated heterocycles. The minimum absolute atomic E-state index is 0.0277. The number of nitrogens with one attached hydrogen (secondary N) is 2. The Morgan fingerprint density at radius 2 is 1.77 bits per heavy atom. The summed E-state index contributed by atoms with van der Waals surface area (Å²) in [6, 6.07) is 20.1. The summed E-state index contributed by atoms with van der Waals surface area (Å²) < 4.78 is 5.54. The van der Waals surface area contributed by atoms with Gasteiger partial charge in [-0.3, -0.25) is 19.7 Å². The first-order chi connectivity index (χ1) is 16.9. The third-order valence-electron chi connectivity index (χ3n) is 5.84. The molecular formula is C26H26N4O5. The first-order valence-corrected chi connectivity index (χ1v) is 11.3. The van der Waals surface area contributed by atoms with Gasteiger partial charge in [0, 0.05) is 48.8 Å². The summed E-state index contributed by atoms with van der Waals surface area (Å²) in [5, 5.41) is 17.4. The minimum atomic E-state index is -0.516. The molecule has 2 N–H and O–H groups in total. The second-order valence-electron chi connectivity index (χ2n) is 8.24. The van der Waals surface area contributed by atoms with E-state index in [1.165, 1.54) is 18.2 Å². The number of benzene rings is 3. The fourth-order valence-corrected chi connectivity index (χ4v) is 3.86. The molecule has 9 heteroatoms. The maximum absolute atomic E-state index is 12.7. The van der Waals surface area contributed by atoms with Crippen LogP contribution in [0.25, 0.3) is 0 Å². The van der Waals surface area contributed by atoms with Crippen LogP contribution in [0.2, 0.25) is 0 Å². The van der Waals surface area contributed by atoms with Gasteiger partial charge in [0.2, 0.25) is 0 Å².